The zero-order chi connectivity index (χ0) is 19.0. The lowest BCUT2D eigenvalue weighted by atomic mass is 9.37. The Bertz CT molecular complexity index is 561. The Labute approximate surface area is 175 Å². The summed E-state index contributed by atoms with van der Waals surface area (Å²) in [7, 11) is 0. The van der Waals surface area contributed by atoms with Crippen LogP contribution in [0.4, 0.5) is 0 Å². The van der Waals surface area contributed by atoms with Crippen LogP contribution >= 0.6 is 0 Å². The van der Waals surface area contributed by atoms with E-state index in [4.69, 9.17) is 0 Å². The first-order valence-corrected chi connectivity index (χ1v) is 13.6. The summed E-state index contributed by atoms with van der Waals surface area (Å²) in [5.74, 6) is 6.74. The van der Waals surface area contributed by atoms with Crippen LogP contribution in [0.15, 0.2) is 0 Å². The van der Waals surface area contributed by atoms with E-state index >= 15 is 0 Å². The van der Waals surface area contributed by atoms with Gasteiger partial charge in [-0.2, -0.15) is 0 Å². The highest BCUT2D eigenvalue weighted by Crippen LogP contribution is 2.73. The van der Waals surface area contributed by atoms with Crippen LogP contribution in [0.5, 0.6) is 0 Å². The van der Waals surface area contributed by atoms with Crippen molar-refractivity contribution in [2.24, 2.45) is 51.8 Å². The minimum absolute atomic E-state index is 0.777. The van der Waals surface area contributed by atoms with Gasteiger partial charge in [0, 0.05) is 0 Å². The average molecular weight is 383 g/mol. The van der Waals surface area contributed by atoms with Crippen LogP contribution in [0.25, 0.3) is 0 Å². The molecule has 3 atom stereocenters. The summed E-state index contributed by atoms with van der Waals surface area (Å²) in [6.45, 7) is 5.03. The highest BCUT2D eigenvalue weighted by atomic mass is 14.7. The van der Waals surface area contributed by atoms with Crippen LogP contribution < -0.4 is 0 Å². The molecule has 0 radical (unpaired) electrons. The van der Waals surface area contributed by atoms with Gasteiger partial charge in [0.05, 0.1) is 0 Å². The first-order chi connectivity index (χ1) is 13.6. The van der Waals surface area contributed by atoms with Gasteiger partial charge in [0.25, 0.3) is 0 Å². The second kappa shape index (κ2) is 6.50. The molecule has 0 aromatic heterocycles. The van der Waals surface area contributed by atoms with Gasteiger partial charge in [-0.3, -0.25) is 0 Å². The van der Waals surface area contributed by atoms with Gasteiger partial charge in [-0.05, 0) is 148 Å². The number of hydrogen-bond donors (Lipinski definition) is 0. The predicted octanol–water partition coefficient (Wildman–Crippen LogP) is 8.40. The largest absolute Gasteiger partial charge is 0.0651 e. The topological polar surface area (TPSA) is 0 Å². The number of hydrogen-bond acceptors (Lipinski definition) is 0. The molecule has 158 valence electrons. The molecule has 9 fully saturated rings. The molecule has 0 saturated heterocycles. The van der Waals surface area contributed by atoms with E-state index < -0.39 is 0 Å². The van der Waals surface area contributed by atoms with E-state index in [0.29, 0.717) is 0 Å². The van der Waals surface area contributed by atoms with Crippen LogP contribution in [0.1, 0.15) is 123 Å². The highest BCUT2D eigenvalue weighted by Gasteiger charge is 2.62. The van der Waals surface area contributed by atoms with Crippen molar-refractivity contribution in [3.63, 3.8) is 0 Å². The van der Waals surface area contributed by atoms with E-state index in [1.54, 1.807) is 96.3 Å². The fourth-order valence-corrected chi connectivity index (χ4v) is 11.1. The SMILES string of the molecule is CCC1C2CCC(CC2)C1C1CC2(C34CCC(CC)(CC3)CC4)CCC1CC2. The minimum Gasteiger partial charge on any atom is -0.0651 e. The minimum atomic E-state index is 0.777. The second-order valence-electron chi connectivity index (χ2n) is 12.9. The summed E-state index contributed by atoms with van der Waals surface area (Å²) in [5.41, 5.74) is 2.34. The van der Waals surface area contributed by atoms with Crippen LogP contribution in [-0.2, 0) is 0 Å². The molecule has 0 aromatic rings. The van der Waals surface area contributed by atoms with Crippen molar-refractivity contribution in [3.8, 4) is 0 Å². The maximum absolute atomic E-state index is 2.54. The molecule has 3 unspecified atom stereocenters. The molecule has 0 heteroatoms. The lowest BCUT2D eigenvalue weighted by Crippen LogP contribution is -2.58. The molecule has 0 heterocycles. The van der Waals surface area contributed by atoms with E-state index in [1.165, 1.54) is 12.8 Å². The predicted molar refractivity (Wildman–Crippen MR) is 118 cm³/mol. The smallest absolute Gasteiger partial charge is 0.0238 e. The summed E-state index contributed by atoms with van der Waals surface area (Å²) < 4.78 is 0. The molecule has 0 aliphatic heterocycles. The molecule has 0 nitrogen and oxygen atoms in total. The fourth-order valence-electron chi connectivity index (χ4n) is 11.1. The molecule has 9 saturated carbocycles. The van der Waals surface area contributed by atoms with E-state index in [2.05, 4.69) is 13.8 Å². The van der Waals surface area contributed by atoms with Crippen LogP contribution in [-0.4, -0.2) is 0 Å². The number of rotatable bonds is 4. The fraction of sp³-hybridized carbons (Fsp3) is 1.00. The van der Waals surface area contributed by atoms with E-state index in [9.17, 15) is 0 Å². The van der Waals surface area contributed by atoms with Gasteiger partial charge in [-0.25, -0.2) is 0 Å². The molecule has 9 rings (SSSR count). The van der Waals surface area contributed by atoms with Crippen LogP contribution in [0.2, 0.25) is 0 Å². The van der Waals surface area contributed by atoms with Crippen LogP contribution in [0, 0.1) is 51.8 Å². The Morgan fingerprint density at radius 3 is 1.79 bits per heavy atom. The molecule has 6 bridgehead atoms. The molecule has 0 N–H and O–H groups in total. The molecule has 0 aromatic carbocycles. The summed E-state index contributed by atoms with van der Waals surface area (Å²) in [5, 5.41) is 0. The van der Waals surface area contributed by atoms with Gasteiger partial charge >= 0.3 is 0 Å². The van der Waals surface area contributed by atoms with Crippen LogP contribution in [0.3, 0.4) is 0 Å². The zero-order valence-corrected chi connectivity index (χ0v) is 19.0. The Kier molecular flexibility index (Phi) is 4.35. The molecular formula is C28H46. The summed E-state index contributed by atoms with van der Waals surface area (Å²) >= 11 is 0. The third-order valence-corrected chi connectivity index (χ3v) is 12.9. The summed E-state index contributed by atoms with van der Waals surface area (Å²) in [4.78, 5) is 0. The van der Waals surface area contributed by atoms with E-state index in [1.807, 2.05) is 0 Å². The highest BCUT2D eigenvalue weighted by molar-refractivity contribution is 5.13. The van der Waals surface area contributed by atoms with Gasteiger partial charge in [0.1, 0.15) is 0 Å². The Morgan fingerprint density at radius 2 is 1.21 bits per heavy atom. The maximum atomic E-state index is 2.54. The summed E-state index contributed by atoms with van der Waals surface area (Å²) in [6.07, 6.45) is 27.1. The Hall–Kier alpha value is 0. The van der Waals surface area contributed by atoms with Gasteiger partial charge in [-0.15, -0.1) is 0 Å². The van der Waals surface area contributed by atoms with Gasteiger partial charge in [0.2, 0.25) is 0 Å². The number of fused-ring (bicyclic) bond motifs is 10. The molecule has 0 spiro atoms. The Balaban J connectivity index is 1.29. The van der Waals surface area contributed by atoms with Crippen molar-refractivity contribution in [3.05, 3.63) is 0 Å². The summed E-state index contributed by atoms with van der Waals surface area (Å²) in [6, 6.07) is 0. The van der Waals surface area contributed by atoms with Crippen molar-refractivity contribution in [2.45, 2.75) is 123 Å². The van der Waals surface area contributed by atoms with Gasteiger partial charge < -0.3 is 0 Å². The monoisotopic (exact) mass is 382 g/mol. The Morgan fingerprint density at radius 1 is 0.607 bits per heavy atom. The molecule has 0 amide bonds. The van der Waals surface area contributed by atoms with E-state index in [0.717, 1.165) is 51.8 Å². The van der Waals surface area contributed by atoms with Crippen molar-refractivity contribution >= 4 is 0 Å². The van der Waals surface area contributed by atoms with Crippen molar-refractivity contribution in [2.75, 3.05) is 0 Å². The third-order valence-electron chi connectivity index (χ3n) is 12.9. The van der Waals surface area contributed by atoms with Crippen molar-refractivity contribution in [1.82, 2.24) is 0 Å². The average Bonchev–Trinajstić information content (AvgIpc) is 2.81. The lowest BCUT2D eigenvalue weighted by molar-refractivity contribution is -0.178. The molecule has 9 aliphatic carbocycles. The molecule has 28 heavy (non-hydrogen) atoms. The standard InChI is InChI=1S/C28H46/c1-3-23-20-5-7-22(8-6-20)25(23)24-19-28(11-9-21(24)10-12-28)27-16-13-26(4-2,14-17-27)15-18-27/h20-25H,3-19H2,1-2H3. The van der Waals surface area contributed by atoms with Gasteiger partial charge in [0.15, 0.2) is 0 Å². The normalized spacial score (nSPS) is 57.6. The zero-order valence-electron chi connectivity index (χ0n) is 19.0. The quantitative estimate of drug-likeness (QED) is 0.458. The first-order valence-electron chi connectivity index (χ1n) is 13.6. The maximum Gasteiger partial charge on any atom is -0.0238 e. The van der Waals surface area contributed by atoms with E-state index in [-0.39, 0.29) is 0 Å². The van der Waals surface area contributed by atoms with Crippen molar-refractivity contribution in [1.29, 1.82) is 0 Å². The second-order valence-corrected chi connectivity index (χ2v) is 12.9. The van der Waals surface area contributed by atoms with Crippen molar-refractivity contribution < 1.29 is 0 Å². The first kappa shape index (κ1) is 18.7. The lowest BCUT2D eigenvalue weighted by Gasteiger charge is -2.68. The third kappa shape index (κ3) is 2.42. The molecular weight excluding hydrogens is 336 g/mol. The molecule has 9 aliphatic rings. The van der Waals surface area contributed by atoms with Gasteiger partial charge in [-0.1, -0.05) is 26.7 Å².